The first-order valence-corrected chi connectivity index (χ1v) is 15.3. The van der Waals surface area contributed by atoms with Crippen LogP contribution in [0, 0.1) is 28.6 Å². The first-order valence-electron chi connectivity index (χ1n) is 15.3. The van der Waals surface area contributed by atoms with Crippen LogP contribution in [0.5, 0.6) is 0 Å². The highest BCUT2D eigenvalue weighted by atomic mass is 16.5. The molecule has 5 N–H and O–H groups in total. The van der Waals surface area contributed by atoms with E-state index in [1.807, 2.05) is 44.2 Å². The van der Waals surface area contributed by atoms with Crippen LogP contribution in [0.2, 0.25) is 0 Å². The molecule has 4 aliphatic rings. The summed E-state index contributed by atoms with van der Waals surface area (Å²) < 4.78 is 5.46. The van der Waals surface area contributed by atoms with E-state index >= 15 is 0 Å². The van der Waals surface area contributed by atoms with Crippen molar-refractivity contribution in [3.63, 3.8) is 0 Å². The molecule has 3 aliphatic carbocycles. The van der Waals surface area contributed by atoms with E-state index in [1.165, 1.54) is 4.90 Å². The molecule has 1 aromatic carbocycles. The molecular formula is C32H43N5O7. The zero-order valence-corrected chi connectivity index (χ0v) is 26.0. The minimum Gasteiger partial charge on any atom is -0.459 e. The van der Waals surface area contributed by atoms with Crippen molar-refractivity contribution in [1.29, 1.82) is 0 Å². The number of carbonyl (C=O) groups is 6. The SMILES string of the molecule is CC(C)(C)[C@H](NC(=O)NC1(C(=O)OCc2ccccc2)CC1)C(=O)N1C[C@H]2[C@@H]([C@H]1C(=O)NC(C(=O)C(N)=O)C1CC1)C2(C)C. The van der Waals surface area contributed by atoms with Gasteiger partial charge in [0.1, 0.15) is 30.3 Å². The molecule has 5 rings (SSSR count). The molecule has 0 aromatic heterocycles. The van der Waals surface area contributed by atoms with Crippen molar-refractivity contribution in [3.8, 4) is 0 Å². The van der Waals surface area contributed by atoms with Crippen LogP contribution >= 0.6 is 0 Å². The van der Waals surface area contributed by atoms with Gasteiger partial charge in [-0.25, -0.2) is 9.59 Å². The number of ketones is 1. The van der Waals surface area contributed by atoms with E-state index < -0.39 is 64.6 Å². The molecule has 1 heterocycles. The van der Waals surface area contributed by atoms with Crippen molar-refractivity contribution in [2.24, 2.45) is 34.3 Å². The van der Waals surface area contributed by atoms with Crippen LogP contribution in [-0.4, -0.2) is 70.6 Å². The van der Waals surface area contributed by atoms with Crippen molar-refractivity contribution in [2.75, 3.05) is 6.54 Å². The first-order chi connectivity index (χ1) is 20.6. The van der Waals surface area contributed by atoms with Crippen LogP contribution in [0.1, 0.15) is 65.9 Å². The van der Waals surface area contributed by atoms with Crippen molar-refractivity contribution in [1.82, 2.24) is 20.9 Å². The summed E-state index contributed by atoms with van der Waals surface area (Å²) in [7, 11) is 0. The quantitative estimate of drug-likeness (QED) is 0.216. The van der Waals surface area contributed by atoms with Crippen molar-refractivity contribution in [2.45, 2.75) is 90.6 Å². The van der Waals surface area contributed by atoms with E-state index in [9.17, 15) is 28.8 Å². The Morgan fingerprint density at radius 3 is 2.20 bits per heavy atom. The van der Waals surface area contributed by atoms with E-state index in [0.717, 1.165) is 5.56 Å². The number of urea groups is 1. The summed E-state index contributed by atoms with van der Waals surface area (Å²) in [6, 6.07) is 5.63. The number of carbonyl (C=O) groups excluding carboxylic acids is 6. The van der Waals surface area contributed by atoms with Gasteiger partial charge in [0, 0.05) is 6.54 Å². The average Bonchev–Trinajstić information content (AvgIpc) is 3.91. The average molecular weight is 610 g/mol. The van der Waals surface area contributed by atoms with E-state index in [-0.39, 0.29) is 29.8 Å². The molecule has 12 heteroatoms. The second kappa shape index (κ2) is 11.2. The third-order valence-corrected chi connectivity index (χ3v) is 9.77. The maximum absolute atomic E-state index is 14.1. The fourth-order valence-corrected chi connectivity index (χ4v) is 6.60. The number of rotatable bonds is 11. The number of piperidine rings is 1. The maximum atomic E-state index is 14.1. The van der Waals surface area contributed by atoms with Gasteiger partial charge in [0.05, 0.1) is 0 Å². The number of esters is 1. The number of amides is 5. The molecule has 1 saturated heterocycles. The fraction of sp³-hybridized carbons (Fsp3) is 0.625. The van der Waals surface area contributed by atoms with Crippen molar-refractivity contribution >= 4 is 35.5 Å². The van der Waals surface area contributed by atoms with Crippen LogP contribution in [0.3, 0.4) is 0 Å². The number of primary amides is 1. The van der Waals surface area contributed by atoms with Gasteiger partial charge in [-0.15, -0.1) is 0 Å². The van der Waals surface area contributed by atoms with Crippen LogP contribution in [0.15, 0.2) is 30.3 Å². The maximum Gasteiger partial charge on any atom is 0.332 e. The number of benzene rings is 1. The van der Waals surface area contributed by atoms with Crippen LogP contribution in [0.25, 0.3) is 0 Å². The Labute approximate surface area is 257 Å². The molecule has 0 spiro atoms. The van der Waals surface area contributed by atoms with Gasteiger partial charge in [0.25, 0.3) is 5.91 Å². The predicted molar refractivity (Wildman–Crippen MR) is 158 cm³/mol. The van der Waals surface area contributed by atoms with E-state index in [0.29, 0.717) is 32.2 Å². The zero-order chi connectivity index (χ0) is 32.2. The van der Waals surface area contributed by atoms with Crippen molar-refractivity contribution in [3.05, 3.63) is 35.9 Å². The molecule has 3 saturated carbocycles. The predicted octanol–water partition coefficient (Wildman–Crippen LogP) is 1.41. The summed E-state index contributed by atoms with van der Waals surface area (Å²) in [5.41, 5.74) is 3.98. The van der Waals surface area contributed by atoms with Crippen molar-refractivity contribution < 1.29 is 33.5 Å². The molecule has 12 nitrogen and oxygen atoms in total. The molecule has 1 aromatic rings. The van der Waals surface area contributed by atoms with Gasteiger partial charge in [-0.1, -0.05) is 65.0 Å². The number of nitrogens with one attached hydrogen (secondary N) is 3. The van der Waals surface area contributed by atoms with Gasteiger partial charge in [0.15, 0.2) is 0 Å². The normalized spacial score (nSPS) is 25.5. The monoisotopic (exact) mass is 609 g/mol. The Morgan fingerprint density at radius 2 is 1.66 bits per heavy atom. The lowest BCUT2D eigenvalue weighted by molar-refractivity contribution is -0.148. The van der Waals surface area contributed by atoms with Gasteiger partial charge in [-0.05, 0) is 59.8 Å². The van der Waals surface area contributed by atoms with E-state index in [1.54, 1.807) is 20.8 Å². The molecular weight excluding hydrogens is 566 g/mol. The summed E-state index contributed by atoms with van der Waals surface area (Å²) in [6.45, 7) is 9.89. The molecule has 1 aliphatic heterocycles. The number of ether oxygens (including phenoxy) is 1. The standard InChI is InChI=1S/C32H43N5O7/c1-30(2,3)24(35-29(43)36-32(13-14-32)28(42)44-16-17-9-7-6-8-10-17)27(41)37-15-19-20(31(19,4)5)22(37)26(40)34-21(18-11-12-18)23(38)25(33)39/h6-10,18-22,24H,11-16H2,1-5H3,(H2,33,39)(H,34,40)(H2,35,36,43)/t19-,20-,21?,22-,24+/m0/s1. The summed E-state index contributed by atoms with van der Waals surface area (Å²) in [4.78, 5) is 79.6. The van der Waals surface area contributed by atoms with Gasteiger partial charge < -0.3 is 31.3 Å². The lowest BCUT2D eigenvalue weighted by Gasteiger charge is -2.38. The molecule has 44 heavy (non-hydrogen) atoms. The fourth-order valence-electron chi connectivity index (χ4n) is 6.60. The second-order valence-corrected chi connectivity index (χ2v) is 14.5. The number of Topliss-reactive ketones (excluding diaryl/α,β-unsaturated/α-hetero) is 1. The smallest absolute Gasteiger partial charge is 0.332 e. The highest BCUT2D eigenvalue weighted by molar-refractivity contribution is 6.38. The number of fused-ring (bicyclic) bond motifs is 1. The lowest BCUT2D eigenvalue weighted by atomic mass is 9.85. The van der Waals surface area contributed by atoms with Crippen LogP contribution < -0.4 is 21.7 Å². The summed E-state index contributed by atoms with van der Waals surface area (Å²) in [6.07, 6.45) is 2.23. The molecule has 0 bridgehead atoms. The Balaban J connectivity index is 1.27. The van der Waals surface area contributed by atoms with E-state index in [2.05, 4.69) is 16.0 Å². The molecule has 4 fully saturated rings. The molecule has 5 amide bonds. The third-order valence-electron chi connectivity index (χ3n) is 9.77. The minimum atomic E-state index is -1.16. The Kier molecular flexibility index (Phi) is 8.00. The Morgan fingerprint density at radius 1 is 1.02 bits per heavy atom. The van der Waals surface area contributed by atoms with Crippen LogP contribution in [0.4, 0.5) is 4.79 Å². The Hall–Kier alpha value is -3.96. The summed E-state index contributed by atoms with van der Waals surface area (Å²) in [5.74, 6) is -3.65. The van der Waals surface area contributed by atoms with Gasteiger partial charge in [0.2, 0.25) is 17.6 Å². The molecule has 1 unspecified atom stereocenters. The largest absolute Gasteiger partial charge is 0.459 e. The molecule has 0 radical (unpaired) electrons. The summed E-state index contributed by atoms with van der Waals surface area (Å²) >= 11 is 0. The zero-order valence-electron chi connectivity index (χ0n) is 26.0. The first kappa shape index (κ1) is 31.5. The lowest BCUT2D eigenvalue weighted by Crippen LogP contribution is -2.62. The van der Waals surface area contributed by atoms with Gasteiger partial charge >= 0.3 is 12.0 Å². The van der Waals surface area contributed by atoms with Gasteiger partial charge in [-0.3, -0.25) is 19.2 Å². The minimum absolute atomic E-state index is 0.0666. The Bertz CT molecular complexity index is 1360. The second-order valence-electron chi connectivity index (χ2n) is 14.5. The number of likely N-dealkylation sites (tertiary alicyclic amines) is 1. The van der Waals surface area contributed by atoms with E-state index in [4.69, 9.17) is 10.5 Å². The molecule has 5 atom stereocenters. The number of nitrogens with two attached hydrogens (primary N) is 1. The highest BCUT2D eigenvalue weighted by Crippen LogP contribution is 2.65. The van der Waals surface area contributed by atoms with Gasteiger partial charge in [-0.2, -0.15) is 0 Å². The number of hydrogen-bond donors (Lipinski definition) is 4. The summed E-state index contributed by atoms with van der Waals surface area (Å²) in [5, 5.41) is 8.24. The number of nitrogens with zero attached hydrogens (tertiary/aromatic N) is 1. The molecule has 238 valence electrons. The topological polar surface area (TPSA) is 177 Å². The van der Waals surface area contributed by atoms with Crippen LogP contribution in [-0.2, 0) is 35.3 Å². The third kappa shape index (κ3) is 6.16. The number of hydrogen-bond acceptors (Lipinski definition) is 7. The highest BCUT2D eigenvalue weighted by Gasteiger charge is 2.70.